The van der Waals surface area contributed by atoms with Gasteiger partial charge in [-0.05, 0) is 32.0 Å². The van der Waals surface area contributed by atoms with Gasteiger partial charge in [-0.3, -0.25) is 0 Å². The second-order valence-electron chi connectivity index (χ2n) is 5.42. The van der Waals surface area contributed by atoms with Gasteiger partial charge in [-0.2, -0.15) is 10.1 Å². The minimum atomic E-state index is -0.539. The molecule has 1 atom stereocenters. The van der Waals surface area contributed by atoms with Crippen LogP contribution >= 0.6 is 0 Å². The van der Waals surface area contributed by atoms with Gasteiger partial charge in [0, 0.05) is 11.3 Å². The average Bonchev–Trinajstić information content (AvgIpc) is 3.07. The first-order valence-corrected chi connectivity index (χ1v) is 7.87. The Balaban J connectivity index is 2.22. The first-order chi connectivity index (χ1) is 12.1. The molecule has 0 aliphatic carbocycles. The second kappa shape index (κ2) is 6.84. The molecule has 2 aromatic rings. The second-order valence-corrected chi connectivity index (χ2v) is 5.42. The molecule has 0 fully saturated rings. The fraction of sp³-hybridized carbons (Fsp3) is 0.353. The fourth-order valence-corrected chi connectivity index (χ4v) is 2.90. The van der Waals surface area contributed by atoms with Gasteiger partial charge in [-0.25, -0.2) is 9.48 Å². The summed E-state index contributed by atoms with van der Waals surface area (Å²) < 4.78 is 17.7. The van der Waals surface area contributed by atoms with Crippen LogP contribution in [0, 0.1) is 0 Å². The van der Waals surface area contributed by atoms with Crippen LogP contribution in [0.25, 0.3) is 0 Å². The van der Waals surface area contributed by atoms with Crippen molar-refractivity contribution in [1.29, 1.82) is 0 Å². The van der Waals surface area contributed by atoms with Crippen molar-refractivity contribution in [3.8, 4) is 11.5 Å². The molecular weight excluding hydrogens is 324 g/mol. The molecule has 25 heavy (non-hydrogen) atoms. The highest BCUT2D eigenvalue weighted by atomic mass is 16.5. The van der Waals surface area contributed by atoms with E-state index in [0.29, 0.717) is 28.7 Å². The van der Waals surface area contributed by atoms with Crippen LogP contribution in [0.1, 0.15) is 25.5 Å². The van der Waals surface area contributed by atoms with Crippen molar-refractivity contribution < 1.29 is 19.0 Å². The van der Waals surface area contributed by atoms with Gasteiger partial charge in [-0.15, -0.1) is 0 Å². The smallest absolute Gasteiger partial charge is 0.338 e. The number of hydrogen-bond donors (Lipinski definition) is 1. The normalized spacial score (nSPS) is 16.1. The maximum absolute atomic E-state index is 12.6. The molecule has 0 spiro atoms. The highest BCUT2D eigenvalue weighted by Crippen LogP contribution is 2.40. The SMILES string of the molecule is CCOC(=O)C1=C(C)Nc2ncnn2[C@@H]1c1cc(OC)ccc1OC. The topological polar surface area (TPSA) is 87.5 Å². The zero-order chi connectivity index (χ0) is 18.0. The first-order valence-electron chi connectivity index (χ1n) is 7.87. The lowest BCUT2D eigenvalue weighted by Gasteiger charge is -2.29. The number of nitrogens with one attached hydrogen (secondary N) is 1. The lowest BCUT2D eigenvalue weighted by atomic mass is 9.94. The van der Waals surface area contributed by atoms with E-state index in [0.717, 1.165) is 5.56 Å². The minimum Gasteiger partial charge on any atom is -0.497 e. The Bertz CT molecular complexity index is 828. The number of esters is 1. The third kappa shape index (κ3) is 2.90. The largest absolute Gasteiger partial charge is 0.497 e. The van der Waals surface area contributed by atoms with E-state index in [2.05, 4.69) is 15.4 Å². The van der Waals surface area contributed by atoms with E-state index in [1.807, 2.05) is 13.0 Å². The molecule has 8 heteroatoms. The molecule has 132 valence electrons. The highest BCUT2D eigenvalue weighted by molar-refractivity contribution is 5.92. The molecule has 3 rings (SSSR count). The third-order valence-electron chi connectivity index (χ3n) is 4.02. The summed E-state index contributed by atoms with van der Waals surface area (Å²) in [6.07, 6.45) is 1.43. The summed E-state index contributed by atoms with van der Waals surface area (Å²) in [7, 11) is 3.16. The van der Waals surface area contributed by atoms with Crippen molar-refractivity contribution in [1.82, 2.24) is 14.8 Å². The van der Waals surface area contributed by atoms with Gasteiger partial charge >= 0.3 is 5.97 Å². The molecule has 1 N–H and O–H groups in total. The van der Waals surface area contributed by atoms with Crippen molar-refractivity contribution in [3.05, 3.63) is 41.4 Å². The zero-order valence-electron chi connectivity index (χ0n) is 14.6. The summed E-state index contributed by atoms with van der Waals surface area (Å²) in [6, 6.07) is 4.88. The number of rotatable bonds is 5. The fourth-order valence-electron chi connectivity index (χ4n) is 2.90. The number of fused-ring (bicyclic) bond motifs is 1. The van der Waals surface area contributed by atoms with Crippen LogP contribution in [0.5, 0.6) is 11.5 Å². The molecule has 0 bridgehead atoms. The van der Waals surface area contributed by atoms with Gasteiger partial charge in [-0.1, -0.05) is 0 Å². The Labute approximate surface area is 145 Å². The summed E-state index contributed by atoms with van der Waals surface area (Å²) in [4.78, 5) is 16.8. The van der Waals surface area contributed by atoms with Crippen molar-refractivity contribution in [3.63, 3.8) is 0 Å². The molecule has 2 heterocycles. The summed E-state index contributed by atoms with van der Waals surface area (Å²) in [6.45, 7) is 3.86. The van der Waals surface area contributed by atoms with Crippen LogP contribution in [0.3, 0.4) is 0 Å². The number of benzene rings is 1. The number of allylic oxidation sites excluding steroid dienone is 1. The van der Waals surface area contributed by atoms with E-state index in [1.165, 1.54) is 6.33 Å². The zero-order valence-corrected chi connectivity index (χ0v) is 14.6. The van der Waals surface area contributed by atoms with E-state index in [4.69, 9.17) is 14.2 Å². The van der Waals surface area contributed by atoms with Gasteiger partial charge in [0.25, 0.3) is 0 Å². The van der Waals surface area contributed by atoms with Crippen LogP contribution in [0.2, 0.25) is 0 Å². The van der Waals surface area contributed by atoms with Crippen LogP contribution in [-0.4, -0.2) is 41.6 Å². The average molecular weight is 344 g/mol. The first kappa shape index (κ1) is 16.8. The standard InChI is InChI=1S/C17H20N4O4/c1-5-25-16(22)14-10(2)20-17-18-9-19-21(17)15(14)12-8-11(23-3)6-7-13(12)24-4/h6-9,15H,5H2,1-4H3,(H,18,19,20)/t15-/m1/s1. The molecule has 0 radical (unpaired) electrons. The van der Waals surface area contributed by atoms with Crippen molar-refractivity contribution >= 4 is 11.9 Å². The number of hydrogen-bond acceptors (Lipinski definition) is 7. The number of carbonyl (C=O) groups excluding carboxylic acids is 1. The molecule has 0 saturated carbocycles. The Morgan fingerprint density at radius 3 is 2.80 bits per heavy atom. The quantitative estimate of drug-likeness (QED) is 0.832. The summed E-state index contributed by atoms with van der Waals surface area (Å²) in [5, 5.41) is 7.37. The van der Waals surface area contributed by atoms with Gasteiger partial charge in [0.1, 0.15) is 23.9 Å². The molecule has 0 amide bonds. The lowest BCUT2D eigenvalue weighted by Crippen LogP contribution is -2.30. The Morgan fingerprint density at radius 1 is 1.32 bits per heavy atom. The number of ether oxygens (including phenoxy) is 3. The van der Waals surface area contributed by atoms with E-state index in [1.54, 1.807) is 38.0 Å². The van der Waals surface area contributed by atoms with Gasteiger partial charge in [0.05, 0.1) is 26.4 Å². The number of methoxy groups -OCH3 is 2. The van der Waals surface area contributed by atoms with E-state index in [9.17, 15) is 4.79 Å². The minimum absolute atomic E-state index is 0.280. The predicted molar refractivity (Wildman–Crippen MR) is 90.7 cm³/mol. The van der Waals surface area contributed by atoms with Crippen molar-refractivity contribution in [2.24, 2.45) is 0 Å². The van der Waals surface area contributed by atoms with Gasteiger partial charge < -0.3 is 19.5 Å². The van der Waals surface area contributed by atoms with E-state index in [-0.39, 0.29) is 6.61 Å². The van der Waals surface area contributed by atoms with Crippen molar-refractivity contribution in [2.45, 2.75) is 19.9 Å². The lowest BCUT2D eigenvalue weighted by molar-refractivity contribution is -0.139. The van der Waals surface area contributed by atoms with Crippen LogP contribution in [0.15, 0.2) is 35.8 Å². The molecule has 1 aliphatic rings. The maximum atomic E-state index is 12.6. The monoisotopic (exact) mass is 344 g/mol. The summed E-state index contributed by atoms with van der Waals surface area (Å²) in [5.74, 6) is 1.39. The third-order valence-corrected chi connectivity index (χ3v) is 4.02. The van der Waals surface area contributed by atoms with Crippen LogP contribution in [-0.2, 0) is 9.53 Å². The number of anilines is 1. The van der Waals surface area contributed by atoms with Crippen molar-refractivity contribution in [2.75, 3.05) is 26.1 Å². The van der Waals surface area contributed by atoms with E-state index >= 15 is 0 Å². The predicted octanol–water partition coefficient (Wildman–Crippen LogP) is 2.15. The summed E-state index contributed by atoms with van der Waals surface area (Å²) in [5.41, 5.74) is 1.85. The van der Waals surface area contributed by atoms with E-state index < -0.39 is 12.0 Å². The number of carbonyl (C=O) groups is 1. The molecule has 1 aromatic heterocycles. The Kier molecular flexibility index (Phi) is 4.60. The van der Waals surface area contributed by atoms with Crippen LogP contribution in [0.4, 0.5) is 5.95 Å². The molecule has 1 aliphatic heterocycles. The Hall–Kier alpha value is -3.03. The molecule has 1 aromatic carbocycles. The molecule has 0 unspecified atom stereocenters. The van der Waals surface area contributed by atoms with Crippen LogP contribution < -0.4 is 14.8 Å². The number of aromatic nitrogens is 3. The molecular formula is C17H20N4O4. The summed E-state index contributed by atoms with van der Waals surface area (Å²) >= 11 is 0. The maximum Gasteiger partial charge on any atom is 0.338 e. The van der Waals surface area contributed by atoms with Gasteiger partial charge in [0.2, 0.25) is 5.95 Å². The number of nitrogens with zero attached hydrogens (tertiary/aromatic N) is 3. The molecule has 8 nitrogen and oxygen atoms in total. The highest BCUT2D eigenvalue weighted by Gasteiger charge is 2.36. The van der Waals surface area contributed by atoms with Gasteiger partial charge in [0.15, 0.2) is 0 Å². The Morgan fingerprint density at radius 2 is 2.12 bits per heavy atom. The molecule has 0 saturated heterocycles.